The number of carbonyl (C=O) groups excluding carboxylic acids is 2. The van der Waals surface area contributed by atoms with Crippen LogP contribution in [-0.2, 0) is 4.79 Å². The second kappa shape index (κ2) is 6.38. The Morgan fingerprint density at radius 1 is 1.33 bits per heavy atom. The van der Waals surface area contributed by atoms with Crippen LogP contribution in [0.2, 0.25) is 0 Å². The van der Waals surface area contributed by atoms with Gasteiger partial charge in [0.25, 0.3) is 17.5 Å². The lowest BCUT2D eigenvalue weighted by atomic mass is 10.2. The molecule has 7 nitrogen and oxygen atoms in total. The zero-order valence-electron chi connectivity index (χ0n) is 11.9. The number of nitro groups is 1. The van der Waals surface area contributed by atoms with Crippen LogP contribution >= 0.6 is 24.0 Å². The molecule has 1 aromatic heterocycles. The summed E-state index contributed by atoms with van der Waals surface area (Å²) >= 11 is 6.06. The number of rotatable bonds is 3. The molecule has 2 heterocycles. The summed E-state index contributed by atoms with van der Waals surface area (Å²) in [6.45, 7) is 0. The number of imide groups is 1. The minimum absolute atomic E-state index is 0.0137. The Labute approximate surface area is 145 Å². The summed E-state index contributed by atoms with van der Waals surface area (Å²) in [6, 6.07) is 8.47. The van der Waals surface area contributed by atoms with Crippen LogP contribution in [-0.4, -0.2) is 26.0 Å². The van der Waals surface area contributed by atoms with Crippen LogP contribution in [0.4, 0.5) is 5.69 Å². The van der Waals surface area contributed by atoms with Crippen molar-refractivity contribution in [3.63, 3.8) is 0 Å². The number of furan rings is 1. The van der Waals surface area contributed by atoms with Gasteiger partial charge >= 0.3 is 0 Å². The molecule has 1 aliphatic rings. The third-order valence-corrected chi connectivity index (χ3v) is 4.42. The number of hydrogen-bond acceptors (Lipinski definition) is 7. The molecular formula is C15H8N2O5S2. The molecule has 120 valence electrons. The van der Waals surface area contributed by atoms with Gasteiger partial charge in [-0.05, 0) is 18.2 Å². The first kappa shape index (κ1) is 16.1. The lowest BCUT2D eigenvalue weighted by molar-refractivity contribution is -0.384. The van der Waals surface area contributed by atoms with Gasteiger partial charge in [0.2, 0.25) is 0 Å². The van der Waals surface area contributed by atoms with Crippen LogP contribution in [0.15, 0.2) is 52.0 Å². The summed E-state index contributed by atoms with van der Waals surface area (Å²) in [4.78, 5) is 36.2. The molecule has 0 aliphatic carbocycles. The lowest BCUT2D eigenvalue weighted by Gasteiger charge is -2.12. The number of nitro benzene ring substituents is 1. The maximum Gasteiger partial charge on any atom is 0.273 e. The molecule has 0 spiro atoms. The molecule has 1 saturated heterocycles. The Morgan fingerprint density at radius 2 is 2.12 bits per heavy atom. The zero-order valence-corrected chi connectivity index (χ0v) is 13.5. The van der Waals surface area contributed by atoms with E-state index in [1.165, 1.54) is 30.5 Å². The van der Waals surface area contributed by atoms with Crippen molar-refractivity contribution in [3.8, 4) is 0 Å². The standard InChI is InChI=1S/C15H8N2O5S2/c18-13(9-3-1-4-10(7-9)17(20)21)16-14(19)12(24-15(16)23)8-11-5-2-6-22-11/h1-8H/b12-8+. The molecule has 9 heteroatoms. The van der Waals surface area contributed by atoms with Crippen molar-refractivity contribution in [2.24, 2.45) is 0 Å². The maximum atomic E-state index is 12.5. The molecule has 1 aromatic carbocycles. The molecular weight excluding hydrogens is 352 g/mol. The Balaban J connectivity index is 1.90. The van der Waals surface area contributed by atoms with E-state index in [0.29, 0.717) is 5.76 Å². The van der Waals surface area contributed by atoms with Gasteiger partial charge in [-0.25, -0.2) is 4.90 Å². The van der Waals surface area contributed by atoms with E-state index in [1.54, 1.807) is 12.1 Å². The van der Waals surface area contributed by atoms with Crippen LogP contribution < -0.4 is 0 Å². The quantitative estimate of drug-likeness (QED) is 0.273. The van der Waals surface area contributed by atoms with Gasteiger partial charge in [0.1, 0.15) is 5.76 Å². The summed E-state index contributed by atoms with van der Waals surface area (Å²) in [6.07, 6.45) is 2.95. The van der Waals surface area contributed by atoms with Crippen molar-refractivity contribution in [2.45, 2.75) is 0 Å². The van der Waals surface area contributed by atoms with Gasteiger partial charge in [-0.3, -0.25) is 19.7 Å². The van der Waals surface area contributed by atoms with Gasteiger partial charge in [-0.2, -0.15) is 0 Å². The number of carbonyl (C=O) groups is 2. The first-order valence-corrected chi connectivity index (χ1v) is 7.80. The van der Waals surface area contributed by atoms with Gasteiger partial charge in [0.05, 0.1) is 16.1 Å². The number of thiocarbonyl (C=S) groups is 1. The van der Waals surface area contributed by atoms with Crippen LogP contribution in [0.5, 0.6) is 0 Å². The maximum absolute atomic E-state index is 12.5. The highest BCUT2D eigenvalue weighted by molar-refractivity contribution is 8.26. The molecule has 2 amide bonds. The largest absolute Gasteiger partial charge is 0.465 e. The Bertz CT molecular complexity index is 889. The topological polar surface area (TPSA) is 93.7 Å². The molecule has 0 atom stereocenters. The van der Waals surface area contributed by atoms with E-state index in [2.05, 4.69) is 0 Å². The average Bonchev–Trinajstić information content (AvgIpc) is 3.16. The fourth-order valence-electron chi connectivity index (χ4n) is 2.03. The Kier molecular flexibility index (Phi) is 4.28. The van der Waals surface area contributed by atoms with E-state index >= 15 is 0 Å². The number of amides is 2. The fourth-order valence-corrected chi connectivity index (χ4v) is 3.26. The molecule has 0 radical (unpaired) electrons. The molecule has 1 aliphatic heterocycles. The van der Waals surface area contributed by atoms with Gasteiger partial charge in [-0.15, -0.1) is 0 Å². The van der Waals surface area contributed by atoms with Crippen molar-refractivity contribution >= 4 is 51.9 Å². The number of non-ortho nitro benzene ring substituents is 1. The molecule has 0 N–H and O–H groups in total. The predicted molar refractivity (Wildman–Crippen MR) is 91.1 cm³/mol. The van der Waals surface area contributed by atoms with E-state index < -0.39 is 16.7 Å². The number of hydrogen-bond donors (Lipinski definition) is 0. The second-order valence-electron chi connectivity index (χ2n) is 4.65. The zero-order chi connectivity index (χ0) is 17.3. The monoisotopic (exact) mass is 360 g/mol. The molecule has 3 rings (SSSR count). The molecule has 0 unspecified atom stereocenters. The first-order valence-electron chi connectivity index (χ1n) is 6.57. The minimum atomic E-state index is -0.705. The Morgan fingerprint density at radius 3 is 2.79 bits per heavy atom. The molecule has 0 bridgehead atoms. The highest BCUT2D eigenvalue weighted by atomic mass is 32.2. The van der Waals surface area contributed by atoms with E-state index in [0.717, 1.165) is 22.7 Å². The van der Waals surface area contributed by atoms with Gasteiger partial charge in [0, 0.05) is 23.8 Å². The lowest BCUT2D eigenvalue weighted by Crippen LogP contribution is -2.34. The highest BCUT2D eigenvalue weighted by Crippen LogP contribution is 2.33. The van der Waals surface area contributed by atoms with Crippen molar-refractivity contribution < 1.29 is 18.9 Å². The SMILES string of the molecule is O=C1/C(=C\c2ccco2)SC(=S)N1C(=O)c1cccc([N+](=O)[O-])c1. The first-order chi connectivity index (χ1) is 11.5. The van der Waals surface area contributed by atoms with E-state index in [-0.39, 0.29) is 20.5 Å². The second-order valence-corrected chi connectivity index (χ2v) is 6.32. The normalized spacial score (nSPS) is 16.0. The van der Waals surface area contributed by atoms with Crippen molar-refractivity contribution in [2.75, 3.05) is 0 Å². The minimum Gasteiger partial charge on any atom is -0.465 e. The molecule has 0 saturated carbocycles. The summed E-state index contributed by atoms with van der Waals surface area (Å²) in [5, 5.41) is 10.8. The van der Waals surface area contributed by atoms with E-state index in [1.807, 2.05) is 0 Å². The molecule has 2 aromatic rings. The number of thioether (sulfide) groups is 1. The molecule has 24 heavy (non-hydrogen) atoms. The number of nitrogens with zero attached hydrogens (tertiary/aromatic N) is 2. The van der Waals surface area contributed by atoms with Crippen LogP contribution in [0.1, 0.15) is 16.1 Å². The average molecular weight is 360 g/mol. The van der Waals surface area contributed by atoms with Crippen molar-refractivity contribution in [1.82, 2.24) is 4.90 Å². The van der Waals surface area contributed by atoms with Gasteiger partial charge in [-0.1, -0.05) is 30.0 Å². The van der Waals surface area contributed by atoms with Crippen LogP contribution in [0.3, 0.4) is 0 Å². The predicted octanol–water partition coefficient (Wildman–Crippen LogP) is 3.23. The summed E-state index contributed by atoms with van der Waals surface area (Å²) in [5.74, 6) is -0.833. The third-order valence-electron chi connectivity index (χ3n) is 3.12. The van der Waals surface area contributed by atoms with Crippen molar-refractivity contribution in [1.29, 1.82) is 0 Å². The van der Waals surface area contributed by atoms with Gasteiger partial charge in [0.15, 0.2) is 4.32 Å². The van der Waals surface area contributed by atoms with Gasteiger partial charge < -0.3 is 4.42 Å². The fraction of sp³-hybridized carbons (Fsp3) is 0. The summed E-state index contributed by atoms with van der Waals surface area (Å²) in [5.41, 5.74) is -0.225. The molecule has 1 fully saturated rings. The smallest absolute Gasteiger partial charge is 0.273 e. The van der Waals surface area contributed by atoms with E-state index in [9.17, 15) is 19.7 Å². The van der Waals surface area contributed by atoms with Crippen LogP contribution in [0, 0.1) is 10.1 Å². The third kappa shape index (κ3) is 2.99. The van der Waals surface area contributed by atoms with Crippen LogP contribution in [0.25, 0.3) is 6.08 Å². The summed E-state index contributed by atoms with van der Waals surface area (Å²) < 4.78 is 5.20. The Hall–Kier alpha value is -2.78. The highest BCUT2D eigenvalue weighted by Gasteiger charge is 2.37. The van der Waals surface area contributed by atoms with Crippen molar-refractivity contribution in [3.05, 3.63) is 69.0 Å². The summed E-state index contributed by atoms with van der Waals surface area (Å²) in [7, 11) is 0. The van der Waals surface area contributed by atoms with E-state index in [4.69, 9.17) is 16.6 Å². The number of benzene rings is 1.